The van der Waals surface area contributed by atoms with E-state index in [1.54, 1.807) is 0 Å². The molecule has 2 aromatic carbocycles. The molecule has 1 unspecified atom stereocenters. The molecule has 34 heavy (non-hydrogen) atoms. The summed E-state index contributed by atoms with van der Waals surface area (Å²) in [6.07, 6.45) is 0.914. The summed E-state index contributed by atoms with van der Waals surface area (Å²) in [6, 6.07) is 13.2. The molecule has 5 rings (SSSR count). The maximum atomic E-state index is 11.9. The van der Waals surface area contributed by atoms with E-state index in [1.165, 1.54) is 11.0 Å². The number of carboxylic acid groups (broad SMARTS) is 1. The Morgan fingerprint density at radius 2 is 1.91 bits per heavy atom. The summed E-state index contributed by atoms with van der Waals surface area (Å²) in [5.41, 5.74) is 5.30. The average Bonchev–Trinajstić information content (AvgIpc) is 3.50. The number of amides is 2. The van der Waals surface area contributed by atoms with Crippen molar-refractivity contribution in [1.29, 1.82) is 0 Å². The van der Waals surface area contributed by atoms with Gasteiger partial charge in [0.05, 0.1) is 12.7 Å². The van der Waals surface area contributed by atoms with Crippen molar-refractivity contribution in [2.24, 2.45) is 17.6 Å². The minimum absolute atomic E-state index is 0.00289. The van der Waals surface area contributed by atoms with Gasteiger partial charge in [-0.1, -0.05) is 17.3 Å². The van der Waals surface area contributed by atoms with E-state index in [0.717, 1.165) is 35.1 Å². The van der Waals surface area contributed by atoms with Crippen molar-refractivity contribution in [3.8, 4) is 11.5 Å². The molecule has 1 aliphatic heterocycles. The second-order valence-electron chi connectivity index (χ2n) is 8.99. The van der Waals surface area contributed by atoms with E-state index >= 15 is 0 Å². The lowest BCUT2D eigenvalue weighted by Crippen LogP contribution is -2.39. The number of benzene rings is 2. The van der Waals surface area contributed by atoms with Gasteiger partial charge in [0.2, 0.25) is 0 Å². The van der Waals surface area contributed by atoms with Gasteiger partial charge in [-0.3, -0.25) is 4.79 Å². The van der Waals surface area contributed by atoms with Gasteiger partial charge in [0.25, 0.3) is 5.91 Å². The molecule has 2 aliphatic rings. The first kappa shape index (κ1) is 22.1. The van der Waals surface area contributed by atoms with Gasteiger partial charge in [0.1, 0.15) is 17.3 Å². The van der Waals surface area contributed by atoms with Crippen LogP contribution in [0.5, 0.6) is 11.5 Å². The van der Waals surface area contributed by atoms with Crippen molar-refractivity contribution >= 4 is 22.8 Å². The Labute approximate surface area is 196 Å². The van der Waals surface area contributed by atoms with Gasteiger partial charge in [-0.05, 0) is 66.6 Å². The molecule has 9 nitrogen and oxygen atoms in total. The van der Waals surface area contributed by atoms with Crippen LogP contribution >= 0.6 is 0 Å². The number of primary amides is 1. The van der Waals surface area contributed by atoms with E-state index in [9.17, 15) is 14.7 Å². The van der Waals surface area contributed by atoms with Crippen molar-refractivity contribution in [2.45, 2.75) is 38.3 Å². The van der Waals surface area contributed by atoms with Crippen molar-refractivity contribution in [3.63, 3.8) is 0 Å². The third-order valence-corrected chi connectivity index (χ3v) is 6.90. The Balaban J connectivity index is 1.30. The summed E-state index contributed by atoms with van der Waals surface area (Å²) in [7, 11) is 0. The standard InChI is InChI=1S/C25H27N3O6/c1-2-32-17-5-3-14-4-6-18(8-15(14)7-17)33-19-9-16-13-28(25(30)31)23(21(16)10-19)12-20-11-22(24(26)29)27-34-20/h3-8,11,16,19,21,23H,2,9-10,12-13H2,1H3,(H2,26,29)(H,30,31)/t16-,19-,21-,23?/m0/s1. The molecule has 2 amide bonds. The second-order valence-corrected chi connectivity index (χ2v) is 8.99. The Morgan fingerprint density at radius 3 is 2.62 bits per heavy atom. The van der Waals surface area contributed by atoms with Crippen LogP contribution in [0.15, 0.2) is 47.0 Å². The van der Waals surface area contributed by atoms with Gasteiger partial charge in [-0.15, -0.1) is 0 Å². The molecule has 178 valence electrons. The lowest BCUT2D eigenvalue weighted by Gasteiger charge is -2.26. The van der Waals surface area contributed by atoms with E-state index in [0.29, 0.717) is 25.3 Å². The molecular weight excluding hydrogens is 438 g/mol. The van der Waals surface area contributed by atoms with E-state index in [4.69, 9.17) is 19.7 Å². The number of rotatable bonds is 7. The average molecular weight is 466 g/mol. The van der Waals surface area contributed by atoms with Crippen molar-refractivity contribution in [3.05, 3.63) is 53.9 Å². The predicted octanol–water partition coefficient (Wildman–Crippen LogP) is 3.70. The Hall–Kier alpha value is -3.75. The molecule has 1 saturated carbocycles. The number of nitrogens with zero attached hydrogens (tertiary/aromatic N) is 2. The number of ether oxygens (including phenoxy) is 2. The molecule has 4 atom stereocenters. The summed E-state index contributed by atoms with van der Waals surface area (Å²) in [4.78, 5) is 24.7. The van der Waals surface area contributed by atoms with Crippen molar-refractivity contribution < 1.29 is 28.7 Å². The van der Waals surface area contributed by atoms with Gasteiger partial charge >= 0.3 is 6.09 Å². The lowest BCUT2D eigenvalue weighted by atomic mass is 9.91. The third-order valence-electron chi connectivity index (χ3n) is 6.90. The number of nitrogens with two attached hydrogens (primary N) is 1. The minimum Gasteiger partial charge on any atom is -0.494 e. The monoisotopic (exact) mass is 465 g/mol. The highest BCUT2D eigenvalue weighted by Crippen LogP contribution is 2.45. The number of aromatic nitrogens is 1. The van der Waals surface area contributed by atoms with Gasteiger partial charge < -0.3 is 29.7 Å². The molecule has 3 N–H and O–H groups in total. The molecular formula is C25H27N3O6. The van der Waals surface area contributed by atoms with E-state index in [2.05, 4.69) is 5.16 Å². The SMILES string of the molecule is CCOc1ccc2ccc(O[C@H]3C[C@H]4CN(C(=O)O)C(Cc5cc(C(N)=O)no5)[C@H]4C3)cc2c1. The first-order chi connectivity index (χ1) is 16.4. The van der Waals surface area contributed by atoms with E-state index in [1.807, 2.05) is 43.3 Å². The molecule has 3 aromatic rings. The van der Waals surface area contributed by atoms with Gasteiger partial charge in [-0.25, -0.2) is 4.79 Å². The number of hydrogen-bond acceptors (Lipinski definition) is 6. The molecule has 9 heteroatoms. The number of fused-ring (bicyclic) bond motifs is 2. The van der Waals surface area contributed by atoms with E-state index in [-0.39, 0.29) is 29.7 Å². The molecule has 2 heterocycles. The Bertz CT molecular complexity index is 1220. The fourth-order valence-corrected chi connectivity index (χ4v) is 5.44. The highest BCUT2D eigenvalue weighted by molar-refractivity contribution is 5.90. The molecule has 2 fully saturated rings. The van der Waals surface area contributed by atoms with Crippen molar-refractivity contribution in [1.82, 2.24) is 10.1 Å². The summed E-state index contributed by atoms with van der Waals surface area (Å²) < 4.78 is 17.2. The van der Waals surface area contributed by atoms with Crippen LogP contribution in [-0.2, 0) is 6.42 Å². The Kier molecular flexibility index (Phi) is 5.77. The van der Waals surface area contributed by atoms with Crippen LogP contribution in [0.1, 0.15) is 36.0 Å². The van der Waals surface area contributed by atoms with Crippen LogP contribution in [0, 0.1) is 11.8 Å². The first-order valence-corrected chi connectivity index (χ1v) is 11.5. The highest BCUT2D eigenvalue weighted by atomic mass is 16.5. The largest absolute Gasteiger partial charge is 0.494 e. The molecule has 0 bridgehead atoms. The maximum absolute atomic E-state index is 11.9. The minimum atomic E-state index is -0.953. The summed E-state index contributed by atoms with van der Waals surface area (Å²) in [5, 5.41) is 15.6. The van der Waals surface area contributed by atoms with Crippen LogP contribution in [0.25, 0.3) is 10.8 Å². The zero-order valence-corrected chi connectivity index (χ0v) is 18.8. The molecule has 1 aliphatic carbocycles. The molecule has 0 spiro atoms. The van der Waals surface area contributed by atoms with Crippen LogP contribution in [-0.4, -0.2) is 52.5 Å². The maximum Gasteiger partial charge on any atom is 0.407 e. The fraction of sp³-hybridized carbons (Fsp3) is 0.400. The lowest BCUT2D eigenvalue weighted by molar-refractivity contribution is 0.0991. The molecule has 1 aromatic heterocycles. The predicted molar refractivity (Wildman–Crippen MR) is 123 cm³/mol. The second kappa shape index (κ2) is 8.89. The Morgan fingerprint density at radius 1 is 1.15 bits per heavy atom. The van der Waals surface area contributed by atoms with Crippen LogP contribution in [0.3, 0.4) is 0 Å². The highest BCUT2D eigenvalue weighted by Gasteiger charge is 2.50. The van der Waals surface area contributed by atoms with Gasteiger partial charge in [0.15, 0.2) is 5.69 Å². The molecule has 1 saturated heterocycles. The fourth-order valence-electron chi connectivity index (χ4n) is 5.44. The summed E-state index contributed by atoms with van der Waals surface area (Å²) in [6.45, 7) is 3.02. The third kappa shape index (κ3) is 4.25. The number of carbonyl (C=O) groups excluding carboxylic acids is 1. The number of hydrogen-bond donors (Lipinski definition) is 2. The van der Waals surface area contributed by atoms with Crippen LogP contribution < -0.4 is 15.2 Å². The summed E-state index contributed by atoms with van der Waals surface area (Å²) in [5.74, 6) is 1.73. The van der Waals surface area contributed by atoms with Gasteiger partial charge in [0, 0.05) is 25.1 Å². The normalized spacial score (nSPS) is 23.7. The smallest absolute Gasteiger partial charge is 0.407 e. The van der Waals surface area contributed by atoms with Crippen LogP contribution in [0.2, 0.25) is 0 Å². The van der Waals surface area contributed by atoms with Gasteiger partial charge in [-0.2, -0.15) is 0 Å². The quantitative estimate of drug-likeness (QED) is 0.544. The zero-order chi connectivity index (χ0) is 23.8. The molecule has 0 radical (unpaired) electrons. The zero-order valence-electron chi connectivity index (χ0n) is 18.8. The van der Waals surface area contributed by atoms with E-state index < -0.39 is 12.0 Å². The van der Waals surface area contributed by atoms with Crippen molar-refractivity contribution in [2.75, 3.05) is 13.2 Å². The number of likely N-dealkylation sites (tertiary alicyclic amines) is 1. The topological polar surface area (TPSA) is 128 Å². The number of carbonyl (C=O) groups is 2. The van der Waals surface area contributed by atoms with Crippen LogP contribution in [0.4, 0.5) is 4.79 Å². The first-order valence-electron chi connectivity index (χ1n) is 11.5. The summed E-state index contributed by atoms with van der Waals surface area (Å²) >= 11 is 0.